The maximum atomic E-state index is 14.6. The highest BCUT2D eigenvalue weighted by atomic mass is 35.5. The molecule has 0 heterocycles. The van der Waals surface area contributed by atoms with Crippen molar-refractivity contribution in [2.45, 2.75) is 62.0 Å². The average Bonchev–Trinajstić information content (AvgIpc) is 3.08. The van der Waals surface area contributed by atoms with Gasteiger partial charge in [-0.15, -0.1) is 0 Å². The smallest absolute Gasteiger partial charge is 0.264 e. The number of rotatable bonds is 12. The Labute approximate surface area is 285 Å². The molecule has 1 fully saturated rings. The Morgan fingerprint density at radius 2 is 1.45 bits per heavy atom. The molecule has 4 aromatic carbocycles. The van der Waals surface area contributed by atoms with Gasteiger partial charge < -0.3 is 10.2 Å². The van der Waals surface area contributed by atoms with Gasteiger partial charge >= 0.3 is 0 Å². The molecule has 47 heavy (non-hydrogen) atoms. The fourth-order valence-corrected chi connectivity index (χ4v) is 7.49. The minimum absolute atomic E-state index is 0.0246. The summed E-state index contributed by atoms with van der Waals surface area (Å²) in [5.74, 6) is -1.40. The van der Waals surface area contributed by atoms with Crippen molar-refractivity contribution in [3.63, 3.8) is 0 Å². The summed E-state index contributed by atoms with van der Waals surface area (Å²) in [6, 6.07) is 26.1. The molecule has 0 bridgehead atoms. The van der Waals surface area contributed by atoms with Crippen molar-refractivity contribution in [2.24, 2.45) is 0 Å². The van der Waals surface area contributed by atoms with Gasteiger partial charge in [0.15, 0.2) is 0 Å². The lowest BCUT2D eigenvalue weighted by molar-refractivity contribution is -0.140. The van der Waals surface area contributed by atoms with Gasteiger partial charge in [0.2, 0.25) is 11.8 Å². The summed E-state index contributed by atoms with van der Waals surface area (Å²) in [5, 5.41) is 3.50. The fraction of sp³-hybridized carbons (Fsp3) is 0.278. The predicted octanol–water partition coefficient (Wildman–Crippen LogP) is 7.42. The van der Waals surface area contributed by atoms with Crippen molar-refractivity contribution >= 4 is 50.7 Å². The van der Waals surface area contributed by atoms with Crippen LogP contribution in [0.4, 0.5) is 10.1 Å². The third-order valence-electron chi connectivity index (χ3n) is 8.29. The molecule has 1 N–H and O–H groups in total. The van der Waals surface area contributed by atoms with Crippen molar-refractivity contribution in [1.82, 2.24) is 10.2 Å². The number of benzene rings is 4. The monoisotopic (exact) mass is 695 g/mol. The molecule has 1 aliphatic carbocycles. The number of halogens is 3. The molecule has 0 unspecified atom stereocenters. The number of hydrogen-bond acceptors (Lipinski definition) is 4. The highest BCUT2D eigenvalue weighted by Crippen LogP contribution is 2.31. The molecule has 0 saturated heterocycles. The summed E-state index contributed by atoms with van der Waals surface area (Å²) < 4.78 is 43.1. The van der Waals surface area contributed by atoms with E-state index in [4.69, 9.17) is 23.2 Å². The molecule has 5 rings (SSSR count). The maximum Gasteiger partial charge on any atom is 0.264 e. The van der Waals surface area contributed by atoms with Gasteiger partial charge in [-0.1, -0.05) is 103 Å². The van der Waals surface area contributed by atoms with Crippen LogP contribution >= 0.6 is 23.2 Å². The van der Waals surface area contributed by atoms with Crippen LogP contribution in [-0.4, -0.2) is 43.8 Å². The Morgan fingerprint density at radius 1 is 0.809 bits per heavy atom. The Kier molecular flexibility index (Phi) is 11.6. The number of carbonyl (C=O) groups excluding carboxylic acids is 2. The van der Waals surface area contributed by atoms with Crippen molar-refractivity contribution in [3.8, 4) is 0 Å². The van der Waals surface area contributed by atoms with Crippen LogP contribution in [0.25, 0.3) is 0 Å². The lowest BCUT2D eigenvalue weighted by atomic mass is 9.94. The molecule has 0 aromatic heterocycles. The molecule has 1 atom stereocenters. The number of amides is 2. The van der Waals surface area contributed by atoms with E-state index < -0.39 is 34.3 Å². The normalized spacial score (nSPS) is 14.3. The van der Waals surface area contributed by atoms with Gasteiger partial charge in [-0.05, 0) is 66.4 Å². The van der Waals surface area contributed by atoms with Crippen molar-refractivity contribution in [2.75, 3.05) is 10.8 Å². The number of sulfonamides is 1. The van der Waals surface area contributed by atoms with E-state index in [-0.39, 0.29) is 45.5 Å². The molecule has 1 saturated carbocycles. The minimum atomic E-state index is -4.28. The summed E-state index contributed by atoms with van der Waals surface area (Å²) in [7, 11) is -4.28. The van der Waals surface area contributed by atoms with Gasteiger partial charge in [0, 0.05) is 19.0 Å². The quantitative estimate of drug-likeness (QED) is 0.167. The van der Waals surface area contributed by atoms with Crippen LogP contribution < -0.4 is 9.62 Å². The minimum Gasteiger partial charge on any atom is -0.352 e. The van der Waals surface area contributed by atoms with Crippen molar-refractivity contribution in [3.05, 3.63) is 130 Å². The average molecular weight is 697 g/mol. The van der Waals surface area contributed by atoms with Crippen LogP contribution in [0.5, 0.6) is 0 Å². The van der Waals surface area contributed by atoms with Crippen molar-refractivity contribution < 1.29 is 22.4 Å². The second-order valence-corrected chi connectivity index (χ2v) is 14.3. The Morgan fingerprint density at radius 3 is 2.09 bits per heavy atom. The first-order valence-corrected chi connectivity index (χ1v) is 17.7. The summed E-state index contributed by atoms with van der Waals surface area (Å²) >= 11 is 12.5. The van der Waals surface area contributed by atoms with Crippen molar-refractivity contribution in [1.29, 1.82) is 0 Å². The molecular formula is C36H36Cl2FN3O4S. The van der Waals surface area contributed by atoms with E-state index in [1.54, 1.807) is 30.3 Å². The molecule has 246 valence electrons. The zero-order valence-electron chi connectivity index (χ0n) is 25.7. The highest BCUT2D eigenvalue weighted by molar-refractivity contribution is 7.92. The molecule has 11 heteroatoms. The van der Waals surface area contributed by atoms with Gasteiger partial charge in [0.05, 0.1) is 20.6 Å². The van der Waals surface area contributed by atoms with E-state index in [1.165, 1.54) is 47.4 Å². The molecule has 4 aromatic rings. The second kappa shape index (κ2) is 15.8. The Bertz CT molecular complexity index is 1770. The molecule has 2 amide bonds. The highest BCUT2D eigenvalue weighted by Gasteiger charge is 2.35. The number of anilines is 1. The topological polar surface area (TPSA) is 86.8 Å². The van der Waals surface area contributed by atoms with Crippen LogP contribution in [0.2, 0.25) is 10.0 Å². The van der Waals surface area contributed by atoms with E-state index in [2.05, 4.69) is 5.32 Å². The predicted molar refractivity (Wildman–Crippen MR) is 183 cm³/mol. The van der Waals surface area contributed by atoms with Gasteiger partial charge in [0.25, 0.3) is 10.0 Å². The number of nitrogens with one attached hydrogen (secondary N) is 1. The molecular weight excluding hydrogens is 660 g/mol. The molecule has 7 nitrogen and oxygen atoms in total. The Balaban J connectivity index is 1.56. The zero-order valence-corrected chi connectivity index (χ0v) is 28.0. The van der Waals surface area contributed by atoms with Crippen LogP contribution in [0.15, 0.2) is 108 Å². The van der Waals surface area contributed by atoms with Gasteiger partial charge in [0.1, 0.15) is 18.4 Å². The second-order valence-electron chi connectivity index (χ2n) is 11.6. The fourth-order valence-electron chi connectivity index (χ4n) is 5.77. The molecule has 0 aliphatic heterocycles. The molecule has 0 radical (unpaired) electrons. The third kappa shape index (κ3) is 8.91. The van der Waals surface area contributed by atoms with Crippen LogP contribution in [0, 0.1) is 5.82 Å². The first kappa shape index (κ1) is 34.4. The Hall–Kier alpha value is -3.92. The van der Waals surface area contributed by atoms with Crippen LogP contribution in [-0.2, 0) is 32.6 Å². The summed E-state index contributed by atoms with van der Waals surface area (Å²) in [5.41, 5.74) is 1.53. The third-order valence-corrected chi connectivity index (χ3v) is 10.8. The maximum absolute atomic E-state index is 14.6. The number of hydrogen-bond donors (Lipinski definition) is 1. The van der Waals surface area contributed by atoms with E-state index in [9.17, 15) is 22.4 Å². The lowest BCUT2D eigenvalue weighted by Gasteiger charge is -2.35. The van der Waals surface area contributed by atoms with Gasteiger partial charge in [-0.25, -0.2) is 12.8 Å². The summed E-state index contributed by atoms with van der Waals surface area (Å²) in [4.78, 5) is 30.1. The van der Waals surface area contributed by atoms with Crippen LogP contribution in [0.1, 0.15) is 43.2 Å². The summed E-state index contributed by atoms with van der Waals surface area (Å²) in [6.07, 6.45) is 4.98. The first-order valence-electron chi connectivity index (χ1n) is 15.5. The lowest BCUT2D eigenvalue weighted by Crippen LogP contribution is -2.55. The van der Waals surface area contributed by atoms with E-state index in [1.807, 2.05) is 30.3 Å². The van der Waals surface area contributed by atoms with E-state index in [0.717, 1.165) is 42.0 Å². The zero-order chi connectivity index (χ0) is 33.4. The van der Waals surface area contributed by atoms with E-state index in [0.29, 0.717) is 5.56 Å². The van der Waals surface area contributed by atoms with Gasteiger partial charge in [-0.3, -0.25) is 13.9 Å². The number of carbonyl (C=O) groups is 2. The summed E-state index contributed by atoms with van der Waals surface area (Å²) in [6.45, 7) is -0.701. The SMILES string of the molecule is O=C(NC1CCCCC1)[C@H](Cc1ccccc1)N(Cc1ccc(F)cc1)C(=O)CN(c1ccc(Cl)c(Cl)c1)S(=O)(=O)c1ccccc1. The largest absolute Gasteiger partial charge is 0.352 e. The molecule has 1 aliphatic rings. The van der Waals surface area contributed by atoms with Gasteiger partial charge in [-0.2, -0.15) is 0 Å². The van der Waals surface area contributed by atoms with Crippen LogP contribution in [0.3, 0.4) is 0 Å². The standard InChI is InChI=1S/C36H36Cl2FN3O4S/c37-32-21-20-30(23-33(32)38)42(47(45,46)31-14-8-3-9-15-31)25-35(43)41(24-27-16-18-28(39)19-17-27)34(22-26-10-4-1-5-11-26)36(44)40-29-12-6-2-7-13-29/h1,3-5,8-11,14-21,23,29,34H,2,6-7,12-13,22,24-25H2,(H,40,44)/t34-/m0/s1. The number of nitrogens with zero attached hydrogens (tertiary/aromatic N) is 2. The first-order chi connectivity index (χ1) is 22.6. The molecule has 0 spiro atoms. The van der Waals surface area contributed by atoms with E-state index >= 15 is 0 Å².